The van der Waals surface area contributed by atoms with Crippen LogP contribution < -0.4 is 4.74 Å². The van der Waals surface area contributed by atoms with Gasteiger partial charge in [-0.1, -0.05) is 18.2 Å². The molecule has 0 saturated heterocycles. The highest BCUT2D eigenvalue weighted by Crippen LogP contribution is 2.24. The molecular weight excluding hydrogens is 274 g/mol. The summed E-state index contributed by atoms with van der Waals surface area (Å²) >= 11 is 0. The van der Waals surface area contributed by atoms with Crippen molar-refractivity contribution < 1.29 is 4.74 Å². The van der Waals surface area contributed by atoms with Crippen molar-refractivity contribution in [3.63, 3.8) is 0 Å². The first kappa shape index (κ1) is 12.6. The van der Waals surface area contributed by atoms with Crippen molar-refractivity contribution in [2.75, 3.05) is 0 Å². The highest BCUT2D eigenvalue weighted by atomic mass is 16.5. The van der Waals surface area contributed by atoms with Crippen molar-refractivity contribution >= 4 is 11.0 Å². The van der Waals surface area contributed by atoms with Crippen LogP contribution in [0.3, 0.4) is 0 Å². The highest BCUT2D eigenvalue weighted by molar-refractivity contribution is 5.76. The Hall–Kier alpha value is -3.14. The number of rotatable bonds is 3. The van der Waals surface area contributed by atoms with E-state index in [-0.39, 0.29) is 0 Å². The molecule has 4 rings (SSSR count). The third kappa shape index (κ3) is 2.42. The molecule has 2 heterocycles. The number of ether oxygens (including phenoxy) is 1. The molecule has 0 fully saturated rings. The molecular formula is C18H13N3O. The molecule has 1 N–H and O–H groups in total. The van der Waals surface area contributed by atoms with Gasteiger partial charge in [-0.3, -0.25) is 0 Å². The van der Waals surface area contributed by atoms with Crippen molar-refractivity contribution in [3.8, 4) is 22.9 Å². The molecule has 2 aromatic carbocycles. The number of aromatic amines is 1. The van der Waals surface area contributed by atoms with Gasteiger partial charge in [-0.05, 0) is 42.5 Å². The molecule has 4 aromatic rings. The van der Waals surface area contributed by atoms with Gasteiger partial charge < -0.3 is 9.72 Å². The smallest absolute Gasteiger partial charge is 0.161 e. The Morgan fingerprint density at radius 1 is 0.818 bits per heavy atom. The van der Waals surface area contributed by atoms with E-state index in [9.17, 15) is 0 Å². The van der Waals surface area contributed by atoms with Gasteiger partial charge in [0.1, 0.15) is 17.1 Å². The first-order chi connectivity index (χ1) is 10.9. The minimum Gasteiger partial charge on any atom is -0.457 e. The van der Waals surface area contributed by atoms with Gasteiger partial charge in [0.15, 0.2) is 5.82 Å². The van der Waals surface area contributed by atoms with E-state index in [0.29, 0.717) is 5.82 Å². The fraction of sp³-hybridized carbons (Fsp3) is 0. The zero-order valence-electron chi connectivity index (χ0n) is 11.7. The summed E-state index contributed by atoms with van der Waals surface area (Å²) in [6, 6.07) is 19.4. The van der Waals surface area contributed by atoms with Gasteiger partial charge in [-0.2, -0.15) is 0 Å². The van der Waals surface area contributed by atoms with E-state index in [0.717, 1.165) is 28.1 Å². The van der Waals surface area contributed by atoms with Crippen LogP contribution in [0.5, 0.6) is 11.5 Å². The standard InChI is InChI=1S/C18H13N3O/c1-2-4-15(5-3-1)22-16-8-6-13(7-9-16)17-20-12-14-10-11-19-18(14)21-17/h1-12H,(H,19,20,21). The van der Waals surface area contributed by atoms with E-state index >= 15 is 0 Å². The Bertz CT molecular complexity index is 898. The molecule has 0 aliphatic rings. The number of hydrogen-bond donors (Lipinski definition) is 1. The average Bonchev–Trinajstić information content (AvgIpc) is 3.04. The maximum Gasteiger partial charge on any atom is 0.161 e. The van der Waals surface area contributed by atoms with Gasteiger partial charge in [0.25, 0.3) is 0 Å². The fourth-order valence-corrected chi connectivity index (χ4v) is 2.27. The number of fused-ring (bicyclic) bond motifs is 1. The lowest BCUT2D eigenvalue weighted by atomic mass is 10.2. The molecule has 2 aromatic heterocycles. The number of nitrogens with one attached hydrogen (secondary N) is 1. The summed E-state index contributed by atoms with van der Waals surface area (Å²) in [7, 11) is 0. The van der Waals surface area contributed by atoms with Crippen molar-refractivity contribution in [1.29, 1.82) is 0 Å². The first-order valence-electron chi connectivity index (χ1n) is 7.02. The number of nitrogens with zero attached hydrogens (tertiary/aromatic N) is 2. The van der Waals surface area contributed by atoms with Crippen molar-refractivity contribution in [2.45, 2.75) is 0 Å². The van der Waals surface area contributed by atoms with Gasteiger partial charge in [-0.25, -0.2) is 9.97 Å². The molecule has 0 atom stereocenters. The number of aromatic nitrogens is 3. The fourth-order valence-electron chi connectivity index (χ4n) is 2.27. The van der Waals surface area contributed by atoms with Gasteiger partial charge in [0.2, 0.25) is 0 Å². The summed E-state index contributed by atoms with van der Waals surface area (Å²) in [5, 5.41) is 1.01. The van der Waals surface area contributed by atoms with Crippen LogP contribution in [-0.4, -0.2) is 15.0 Å². The van der Waals surface area contributed by atoms with Crippen LogP contribution in [0.2, 0.25) is 0 Å². The molecule has 0 spiro atoms. The van der Waals surface area contributed by atoms with Crippen LogP contribution in [-0.2, 0) is 0 Å². The predicted molar refractivity (Wildman–Crippen MR) is 85.8 cm³/mol. The molecule has 0 saturated carbocycles. The summed E-state index contributed by atoms with van der Waals surface area (Å²) < 4.78 is 5.78. The maximum absolute atomic E-state index is 5.78. The summed E-state index contributed by atoms with van der Waals surface area (Å²) in [5.41, 5.74) is 1.80. The third-order valence-electron chi connectivity index (χ3n) is 3.39. The largest absolute Gasteiger partial charge is 0.457 e. The van der Waals surface area contributed by atoms with Crippen LogP contribution in [0, 0.1) is 0 Å². The Balaban J connectivity index is 1.61. The zero-order chi connectivity index (χ0) is 14.8. The quantitative estimate of drug-likeness (QED) is 0.607. The minimum absolute atomic E-state index is 0.696. The summed E-state index contributed by atoms with van der Waals surface area (Å²) in [6.45, 7) is 0. The van der Waals surface area contributed by atoms with Crippen LogP contribution in [0.1, 0.15) is 0 Å². The van der Waals surface area contributed by atoms with Crippen molar-refractivity contribution in [2.24, 2.45) is 0 Å². The highest BCUT2D eigenvalue weighted by Gasteiger charge is 2.04. The lowest BCUT2D eigenvalue weighted by molar-refractivity contribution is 0.483. The Morgan fingerprint density at radius 2 is 1.59 bits per heavy atom. The predicted octanol–water partition coefficient (Wildman–Crippen LogP) is 4.42. The van der Waals surface area contributed by atoms with E-state index in [4.69, 9.17) is 4.74 Å². The normalized spacial score (nSPS) is 10.7. The first-order valence-corrected chi connectivity index (χ1v) is 7.02. The molecule has 4 heteroatoms. The van der Waals surface area contributed by atoms with Gasteiger partial charge in [-0.15, -0.1) is 0 Å². The number of H-pyrrole nitrogens is 1. The second kappa shape index (κ2) is 5.33. The van der Waals surface area contributed by atoms with E-state index in [2.05, 4.69) is 15.0 Å². The van der Waals surface area contributed by atoms with E-state index < -0.39 is 0 Å². The monoisotopic (exact) mass is 287 g/mol. The molecule has 22 heavy (non-hydrogen) atoms. The summed E-state index contributed by atoms with van der Waals surface area (Å²) in [4.78, 5) is 12.0. The van der Waals surface area contributed by atoms with Gasteiger partial charge >= 0.3 is 0 Å². The maximum atomic E-state index is 5.78. The van der Waals surface area contributed by atoms with E-state index in [1.807, 2.05) is 73.1 Å². The van der Waals surface area contributed by atoms with Crippen LogP contribution in [0.15, 0.2) is 73.1 Å². The zero-order valence-corrected chi connectivity index (χ0v) is 11.7. The SMILES string of the molecule is c1ccc(Oc2ccc(-c3ncc4cc[nH]c4n3)cc2)cc1. The van der Waals surface area contributed by atoms with Crippen LogP contribution in [0.4, 0.5) is 0 Å². The lowest BCUT2D eigenvalue weighted by Crippen LogP contribution is -1.89. The van der Waals surface area contributed by atoms with Crippen molar-refractivity contribution in [1.82, 2.24) is 15.0 Å². The molecule has 106 valence electrons. The Morgan fingerprint density at radius 3 is 2.41 bits per heavy atom. The number of hydrogen-bond acceptors (Lipinski definition) is 3. The molecule has 0 radical (unpaired) electrons. The molecule has 0 unspecified atom stereocenters. The topological polar surface area (TPSA) is 50.8 Å². The van der Waals surface area contributed by atoms with Crippen molar-refractivity contribution in [3.05, 3.63) is 73.1 Å². The Kier molecular flexibility index (Phi) is 3.05. The molecule has 0 aliphatic carbocycles. The summed E-state index contributed by atoms with van der Waals surface area (Å²) in [5.74, 6) is 2.30. The molecule has 0 aliphatic heterocycles. The average molecular weight is 287 g/mol. The minimum atomic E-state index is 0.696. The number of para-hydroxylation sites is 1. The molecule has 4 nitrogen and oxygen atoms in total. The van der Waals surface area contributed by atoms with Crippen LogP contribution in [0.25, 0.3) is 22.4 Å². The number of benzene rings is 2. The van der Waals surface area contributed by atoms with Gasteiger partial charge in [0, 0.05) is 23.3 Å². The lowest BCUT2D eigenvalue weighted by Gasteiger charge is -2.06. The molecule has 0 bridgehead atoms. The second-order valence-electron chi connectivity index (χ2n) is 4.91. The second-order valence-corrected chi connectivity index (χ2v) is 4.91. The van der Waals surface area contributed by atoms with E-state index in [1.165, 1.54) is 0 Å². The third-order valence-corrected chi connectivity index (χ3v) is 3.39. The Labute approximate surface area is 127 Å². The van der Waals surface area contributed by atoms with E-state index in [1.54, 1.807) is 0 Å². The van der Waals surface area contributed by atoms with Crippen LogP contribution >= 0.6 is 0 Å². The van der Waals surface area contributed by atoms with Gasteiger partial charge in [0.05, 0.1) is 0 Å². The molecule has 0 amide bonds. The summed E-state index contributed by atoms with van der Waals surface area (Å²) in [6.07, 6.45) is 3.68.